The Bertz CT molecular complexity index is 781. The van der Waals surface area contributed by atoms with E-state index in [1.165, 1.54) is 0 Å². The van der Waals surface area contributed by atoms with Crippen LogP contribution in [0.2, 0.25) is 0 Å². The fourth-order valence-corrected chi connectivity index (χ4v) is 1.85. The third kappa shape index (κ3) is 2.46. The molecule has 8 nitrogen and oxygen atoms in total. The summed E-state index contributed by atoms with van der Waals surface area (Å²) in [5, 5.41) is 0. The summed E-state index contributed by atoms with van der Waals surface area (Å²) in [5.74, 6) is 0. The molecular weight excluding hydrogens is 252 g/mol. The SMILES string of the molecule is Cc1[nH]c(=O)[nH]c(=O)c1Cc1c(C)[nH]c(=O)[nH]c1=O. The third-order valence-corrected chi connectivity index (χ3v) is 2.86. The fourth-order valence-electron chi connectivity index (χ4n) is 1.85. The molecular formula is C11H12N4O4. The molecule has 2 aromatic rings. The van der Waals surface area contributed by atoms with Crippen molar-refractivity contribution in [1.82, 2.24) is 19.9 Å². The average molecular weight is 264 g/mol. The van der Waals surface area contributed by atoms with E-state index in [9.17, 15) is 19.2 Å². The summed E-state index contributed by atoms with van der Waals surface area (Å²) < 4.78 is 0. The van der Waals surface area contributed by atoms with Gasteiger partial charge in [-0.05, 0) is 13.8 Å². The largest absolute Gasteiger partial charge is 0.325 e. The predicted molar refractivity (Wildman–Crippen MR) is 67.6 cm³/mol. The van der Waals surface area contributed by atoms with Gasteiger partial charge in [0.1, 0.15) is 0 Å². The molecule has 0 amide bonds. The molecule has 0 aliphatic rings. The molecule has 19 heavy (non-hydrogen) atoms. The Morgan fingerprint density at radius 2 is 1.05 bits per heavy atom. The van der Waals surface area contributed by atoms with Gasteiger partial charge in [0.15, 0.2) is 0 Å². The van der Waals surface area contributed by atoms with Gasteiger partial charge >= 0.3 is 11.4 Å². The molecule has 0 aliphatic carbocycles. The normalized spacial score (nSPS) is 10.6. The van der Waals surface area contributed by atoms with Crippen molar-refractivity contribution < 1.29 is 0 Å². The summed E-state index contributed by atoms with van der Waals surface area (Å²) >= 11 is 0. The summed E-state index contributed by atoms with van der Waals surface area (Å²) in [4.78, 5) is 54.6. The maximum absolute atomic E-state index is 11.7. The first-order valence-electron chi connectivity index (χ1n) is 5.52. The maximum Gasteiger partial charge on any atom is 0.325 e. The zero-order chi connectivity index (χ0) is 14.2. The summed E-state index contributed by atoms with van der Waals surface area (Å²) in [7, 11) is 0. The molecule has 100 valence electrons. The zero-order valence-electron chi connectivity index (χ0n) is 10.3. The van der Waals surface area contributed by atoms with Crippen LogP contribution in [0.1, 0.15) is 22.5 Å². The minimum atomic E-state index is -0.599. The number of hydrogen-bond acceptors (Lipinski definition) is 4. The third-order valence-electron chi connectivity index (χ3n) is 2.86. The van der Waals surface area contributed by atoms with Crippen molar-refractivity contribution in [2.45, 2.75) is 20.3 Å². The number of aromatic amines is 4. The summed E-state index contributed by atoms with van der Waals surface area (Å²) in [6.07, 6.45) is 0.0237. The number of aromatic nitrogens is 4. The number of hydrogen-bond donors (Lipinski definition) is 4. The zero-order valence-corrected chi connectivity index (χ0v) is 10.3. The van der Waals surface area contributed by atoms with Gasteiger partial charge in [0.25, 0.3) is 11.1 Å². The van der Waals surface area contributed by atoms with Crippen LogP contribution < -0.4 is 22.5 Å². The van der Waals surface area contributed by atoms with Crippen molar-refractivity contribution in [3.63, 3.8) is 0 Å². The maximum atomic E-state index is 11.7. The molecule has 0 spiro atoms. The Kier molecular flexibility index (Phi) is 3.07. The second-order valence-electron chi connectivity index (χ2n) is 4.20. The molecule has 0 radical (unpaired) electrons. The lowest BCUT2D eigenvalue weighted by Crippen LogP contribution is -2.31. The molecule has 0 aromatic carbocycles. The van der Waals surface area contributed by atoms with Gasteiger partial charge < -0.3 is 9.97 Å². The Hall–Kier alpha value is -2.64. The van der Waals surface area contributed by atoms with Crippen molar-refractivity contribution in [1.29, 1.82) is 0 Å². The minimum absolute atomic E-state index is 0.0237. The van der Waals surface area contributed by atoms with Crippen LogP contribution in [0.4, 0.5) is 0 Å². The van der Waals surface area contributed by atoms with Crippen LogP contribution in [-0.4, -0.2) is 19.9 Å². The molecule has 0 aliphatic heterocycles. The Morgan fingerprint density at radius 3 is 1.37 bits per heavy atom. The molecule has 0 fully saturated rings. The van der Waals surface area contributed by atoms with Gasteiger partial charge in [-0.25, -0.2) is 9.59 Å². The molecule has 0 saturated heterocycles. The first kappa shape index (κ1) is 12.8. The molecule has 2 aromatic heterocycles. The highest BCUT2D eigenvalue weighted by Crippen LogP contribution is 2.05. The summed E-state index contributed by atoms with van der Waals surface area (Å²) in [6.45, 7) is 3.14. The number of nitrogens with one attached hydrogen (secondary N) is 4. The smallest absolute Gasteiger partial charge is 0.311 e. The van der Waals surface area contributed by atoms with E-state index in [-0.39, 0.29) is 17.5 Å². The Balaban J connectivity index is 2.61. The van der Waals surface area contributed by atoms with Gasteiger partial charge in [0.2, 0.25) is 0 Å². The van der Waals surface area contributed by atoms with Gasteiger partial charge in [-0.15, -0.1) is 0 Å². The molecule has 0 unspecified atom stereocenters. The van der Waals surface area contributed by atoms with Crippen LogP contribution in [-0.2, 0) is 6.42 Å². The van der Waals surface area contributed by atoms with E-state index in [1.54, 1.807) is 13.8 Å². The summed E-state index contributed by atoms with van der Waals surface area (Å²) in [5.41, 5.74) is -0.966. The number of rotatable bonds is 2. The highest BCUT2D eigenvalue weighted by molar-refractivity contribution is 5.26. The lowest BCUT2D eigenvalue weighted by Gasteiger charge is -2.05. The van der Waals surface area contributed by atoms with Crippen molar-refractivity contribution in [2.75, 3.05) is 0 Å². The van der Waals surface area contributed by atoms with Crippen LogP contribution in [0, 0.1) is 13.8 Å². The van der Waals surface area contributed by atoms with E-state index < -0.39 is 22.5 Å². The monoisotopic (exact) mass is 264 g/mol. The lowest BCUT2D eigenvalue weighted by atomic mass is 10.1. The second-order valence-corrected chi connectivity index (χ2v) is 4.20. The summed E-state index contributed by atoms with van der Waals surface area (Å²) in [6, 6.07) is 0. The van der Waals surface area contributed by atoms with Gasteiger partial charge in [-0.1, -0.05) is 0 Å². The standard InChI is InChI=1S/C11H12N4O4/c1-4-6(8(16)14-10(18)12-4)3-7-5(2)13-11(19)15-9(7)17/h3H2,1-2H3,(H2,12,14,16,18)(H2,13,15,17,19). The van der Waals surface area contributed by atoms with Crippen LogP contribution in [0.25, 0.3) is 0 Å². The number of H-pyrrole nitrogens is 4. The highest BCUT2D eigenvalue weighted by atomic mass is 16.2. The van der Waals surface area contributed by atoms with Crippen LogP contribution in [0.15, 0.2) is 19.2 Å². The van der Waals surface area contributed by atoms with E-state index in [1.807, 2.05) is 0 Å². The van der Waals surface area contributed by atoms with Gasteiger partial charge in [-0.2, -0.15) is 0 Å². The average Bonchev–Trinajstić information content (AvgIpc) is 2.25. The fraction of sp³-hybridized carbons (Fsp3) is 0.273. The molecule has 0 bridgehead atoms. The minimum Gasteiger partial charge on any atom is -0.311 e. The van der Waals surface area contributed by atoms with Crippen molar-refractivity contribution in [3.8, 4) is 0 Å². The molecule has 2 heterocycles. The molecule has 4 N–H and O–H groups in total. The van der Waals surface area contributed by atoms with E-state index in [0.717, 1.165) is 0 Å². The number of aryl methyl sites for hydroxylation is 2. The van der Waals surface area contributed by atoms with Crippen LogP contribution >= 0.6 is 0 Å². The molecule has 2 rings (SSSR count). The predicted octanol–water partition coefficient (Wildman–Crippen LogP) is -1.35. The van der Waals surface area contributed by atoms with Crippen LogP contribution in [0.5, 0.6) is 0 Å². The first-order valence-corrected chi connectivity index (χ1v) is 5.52. The van der Waals surface area contributed by atoms with Crippen molar-refractivity contribution >= 4 is 0 Å². The molecule has 8 heteroatoms. The molecule has 0 saturated carbocycles. The lowest BCUT2D eigenvalue weighted by molar-refractivity contribution is 0.893. The van der Waals surface area contributed by atoms with E-state index in [2.05, 4.69) is 19.9 Å². The van der Waals surface area contributed by atoms with Crippen LogP contribution in [0.3, 0.4) is 0 Å². The van der Waals surface area contributed by atoms with Crippen molar-refractivity contribution in [2.24, 2.45) is 0 Å². The van der Waals surface area contributed by atoms with Crippen molar-refractivity contribution in [3.05, 3.63) is 64.2 Å². The Morgan fingerprint density at radius 1 is 0.684 bits per heavy atom. The van der Waals surface area contributed by atoms with Gasteiger partial charge in [0.05, 0.1) is 0 Å². The van der Waals surface area contributed by atoms with E-state index in [4.69, 9.17) is 0 Å². The first-order chi connectivity index (χ1) is 8.88. The topological polar surface area (TPSA) is 131 Å². The quantitative estimate of drug-likeness (QED) is 0.533. The van der Waals surface area contributed by atoms with E-state index in [0.29, 0.717) is 11.4 Å². The molecule has 0 atom stereocenters. The second kappa shape index (κ2) is 4.56. The Labute approximate surface area is 105 Å². The highest BCUT2D eigenvalue weighted by Gasteiger charge is 2.12. The van der Waals surface area contributed by atoms with E-state index >= 15 is 0 Å². The van der Waals surface area contributed by atoms with Gasteiger partial charge in [0, 0.05) is 28.9 Å². The van der Waals surface area contributed by atoms with Gasteiger partial charge in [-0.3, -0.25) is 19.6 Å².